The van der Waals surface area contributed by atoms with Crippen molar-refractivity contribution < 1.29 is 9.53 Å². The van der Waals surface area contributed by atoms with E-state index in [2.05, 4.69) is 46.9 Å². The maximum absolute atomic E-state index is 12.2. The van der Waals surface area contributed by atoms with Crippen molar-refractivity contribution in [2.45, 2.75) is 6.42 Å². The number of methoxy groups -OCH3 is 1. The molecule has 4 heteroatoms. The first-order chi connectivity index (χ1) is 12.8. The number of hydrazone groups is 1. The fourth-order valence-electron chi connectivity index (χ4n) is 3.69. The van der Waals surface area contributed by atoms with E-state index in [1.165, 1.54) is 16.7 Å². The van der Waals surface area contributed by atoms with Gasteiger partial charge in [-0.05, 0) is 47.4 Å². The molecule has 0 aliphatic heterocycles. The third-order valence-corrected chi connectivity index (χ3v) is 4.97. The molecule has 0 unspecified atom stereocenters. The topological polar surface area (TPSA) is 50.7 Å². The molecule has 0 fully saturated rings. The van der Waals surface area contributed by atoms with E-state index < -0.39 is 0 Å². The Bertz CT molecular complexity index is 895. The van der Waals surface area contributed by atoms with E-state index in [1.54, 1.807) is 37.6 Å². The number of nitrogens with zero attached hydrogens (tertiary/aromatic N) is 1. The van der Waals surface area contributed by atoms with Crippen LogP contribution < -0.4 is 10.2 Å². The van der Waals surface area contributed by atoms with Crippen LogP contribution in [0.4, 0.5) is 0 Å². The average Bonchev–Trinajstić information content (AvgIpc) is 3.30. The van der Waals surface area contributed by atoms with E-state index in [4.69, 9.17) is 4.74 Å². The smallest absolute Gasteiger partial charge is 0.271 e. The molecule has 2 aliphatic carbocycles. The molecule has 0 heterocycles. The van der Waals surface area contributed by atoms with Gasteiger partial charge in [0.2, 0.25) is 0 Å². The first kappa shape index (κ1) is 16.3. The lowest BCUT2D eigenvalue weighted by atomic mass is 9.92. The second-order valence-electron chi connectivity index (χ2n) is 6.50. The number of benzene rings is 2. The van der Waals surface area contributed by atoms with E-state index in [-0.39, 0.29) is 5.91 Å². The van der Waals surface area contributed by atoms with Crippen LogP contribution in [0, 0.1) is 11.8 Å². The van der Waals surface area contributed by atoms with E-state index in [0.717, 1.165) is 12.2 Å². The van der Waals surface area contributed by atoms with Crippen LogP contribution in [0.2, 0.25) is 0 Å². The quantitative estimate of drug-likeness (QED) is 0.505. The number of hydrogen-bond donors (Lipinski definition) is 1. The van der Waals surface area contributed by atoms with Crippen molar-refractivity contribution in [3.8, 4) is 5.75 Å². The lowest BCUT2D eigenvalue weighted by molar-refractivity contribution is 0.0955. The van der Waals surface area contributed by atoms with Gasteiger partial charge in [0.1, 0.15) is 5.75 Å². The number of nitrogens with one attached hydrogen (secondary N) is 1. The molecule has 0 aromatic heterocycles. The van der Waals surface area contributed by atoms with Gasteiger partial charge in [0.15, 0.2) is 0 Å². The summed E-state index contributed by atoms with van der Waals surface area (Å²) in [5.41, 5.74) is 6.92. The first-order valence-electron chi connectivity index (χ1n) is 8.71. The minimum Gasteiger partial charge on any atom is -0.497 e. The fourth-order valence-corrected chi connectivity index (χ4v) is 3.69. The minimum atomic E-state index is -0.232. The van der Waals surface area contributed by atoms with Crippen molar-refractivity contribution in [3.63, 3.8) is 0 Å². The summed E-state index contributed by atoms with van der Waals surface area (Å²) in [5, 5.41) is 4.22. The maximum atomic E-state index is 12.2. The summed E-state index contributed by atoms with van der Waals surface area (Å²) >= 11 is 0. The number of allylic oxidation sites excluding steroid dienone is 4. The highest BCUT2D eigenvalue weighted by Gasteiger charge is 2.34. The zero-order valence-corrected chi connectivity index (χ0v) is 14.6. The molecule has 2 aromatic carbocycles. The van der Waals surface area contributed by atoms with Crippen LogP contribution >= 0.6 is 0 Å². The van der Waals surface area contributed by atoms with Crippen molar-refractivity contribution in [1.82, 2.24) is 5.43 Å². The molecule has 2 aromatic rings. The number of amides is 1. The lowest BCUT2D eigenvalue weighted by Crippen LogP contribution is -2.18. The zero-order valence-electron chi connectivity index (χ0n) is 14.6. The van der Waals surface area contributed by atoms with Gasteiger partial charge in [0.05, 0.1) is 13.3 Å². The third kappa shape index (κ3) is 3.06. The number of ether oxygens (including phenoxy) is 1. The standard InChI is InChI=1S/C22H20N2O2/c1-26-19-11-9-16(10-12-19)22(25)24-23-14-20-17-7-8-18(13-17)21(20)15-5-3-2-4-6-15/h2-12,14,17-18H,13H2,1H3,(H,24,25)/t17-,18+/m1/s1. The molecule has 1 N–H and O–H groups in total. The van der Waals surface area contributed by atoms with Crippen LogP contribution in [0.1, 0.15) is 22.3 Å². The molecular formula is C22H20N2O2. The number of fused-ring (bicyclic) bond motifs is 2. The Morgan fingerprint density at radius 1 is 1.08 bits per heavy atom. The summed E-state index contributed by atoms with van der Waals surface area (Å²) < 4.78 is 5.11. The number of hydrogen-bond acceptors (Lipinski definition) is 3. The normalized spacial score (nSPS) is 20.8. The van der Waals surface area contributed by atoms with Crippen LogP contribution in [0.25, 0.3) is 5.57 Å². The van der Waals surface area contributed by atoms with E-state index in [0.29, 0.717) is 17.4 Å². The van der Waals surface area contributed by atoms with Gasteiger partial charge in [-0.3, -0.25) is 4.79 Å². The summed E-state index contributed by atoms with van der Waals surface area (Å²) in [6.07, 6.45) is 7.42. The highest BCUT2D eigenvalue weighted by Crippen LogP contribution is 2.47. The van der Waals surface area contributed by atoms with E-state index >= 15 is 0 Å². The molecule has 2 bridgehead atoms. The van der Waals surface area contributed by atoms with Crippen LogP contribution in [-0.2, 0) is 0 Å². The summed E-state index contributed by atoms with van der Waals surface area (Å²) in [5.74, 6) is 1.32. The molecule has 0 spiro atoms. The summed E-state index contributed by atoms with van der Waals surface area (Å²) in [6.45, 7) is 0. The lowest BCUT2D eigenvalue weighted by Gasteiger charge is -2.13. The van der Waals surface area contributed by atoms with Gasteiger partial charge in [-0.2, -0.15) is 5.10 Å². The van der Waals surface area contributed by atoms with Gasteiger partial charge in [-0.1, -0.05) is 42.5 Å². The van der Waals surface area contributed by atoms with Crippen LogP contribution in [0.3, 0.4) is 0 Å². The molecule has 130 valence electrons. The Morgan fingerprint density at radius 3 is 2.54 bits per heavy atom. The SMILES string of the molecule is COc1ccc(C(=O)NN=CC2=C(c3ccccc3)[C@H]3C=C[C@@H]2C3)cc1. The third-order valence-electron chi connectivity index (χ3n) is 4.97. The molecule has 4 rings (SSSR count). The van der Waals surface area contributed by atoms with E-state index in [9.17, 15) is 4.79 Å². The largest absolute Gasteiger partial charge is 0.497 e. The van der Waals surface area contributed by atoms with Crippen molar-refractivity contribution >= 4 is 17.7 Å². The Kier molecular flexibility index (Phi) is 4.40. The first-order valence-corrected chi connectivity index (χ1v) is 8.71. The molecule has 4 nitrogen and oxygen atoms in total. The number of carbonyl (C=O) groups excluding carboxylic acids is 1. The second-order valence-corrected chi connectivity index (χ2v) is 6.50. The van der Waals surface area contributed by atoms with Crippen LogP contribution in [0.5, 0.6) is 5.75 Å². The Morgan fingerprint density at radius 2 is 1.81 bits per heavy atom. The average molecular weight is 344 g/mol. The van der Waals surface area contributed by atoms with Crippen molar-refractivity contribution in [2.75, 3.05) is 7.11 Å². The maximum Gasteiger partial charge on any atom is 0.271 e. The molecule has 1 amide bonds. The van der Waals surface area contributed by atoms with Crippen molar-refractivity contribution in [2.24, 2.45) is 16.9 Å². The van der Waals surface area contributed by atoms with E-state index in [1.807, 2.05) is 6.07 Å². The molecule has 0 saturated carbocycles. The summed E-state index contributed by atoms with van der Waals surface area (Å²) in [7, 11) is 1.60. The van der Waals surface area contributed by atoms with Crippen molar-refractivity contribution in [3.05, 3.63) is 83.4 Å². The number of rotatable bonds is 5. The Hall–Kier alpha value is -3.14. The van der Waals surface area contributed by atoms with Crippen molar-refractivity contribution in [1.29, 1.82) is 0 Å². The Balaban J connectivity index is 1.51. The van der Waals surface area contributed by atoms with Gasteiger partial charge < -0.3 is 4.74 Å². The van der Waals surface area contributed by atoms with Gasteiger partial charge in [0, 0.05) is 17.4 Å². The second kappa shape index (κ2) is 7.00. The number of carbonyl (C=O) groups is 1. The molecule has 2 aliphatic rings. The predicted molar refractivity (Wildman–Crippen MR) is 103 cm³/mol. The highest BCUT2D eigenvalue weighted by molar-refractivity contribution is 5.98. The predicted octanol–water partition coefficient (Wildman–Crippen LogP) is 4.07. The van der Waals surface area contributed by atoms with Gasteiger partial charge in [-0.15, -0.1) is 0 Å². The van der Waals surface area contributed by atoms with Gasteiger partial charge in [0.25, 0.3) is 5.91 Å². The molecule has 0 saturated heterocycles. The highest BCUT2D eigenvalue weighted by atomic mass is 16.5. The van der Waals surface area contributed by atoms with Crippen LogP contribution in [-0.4, -0.2) is 19.2 Å². The van der Waals surface area contributed by atoms with Crippen LogP contribution in [0.15, 0.2) is 77.4 Å². The monoisotopic (exact) mass is 344 g/mol. The zero-order chi connectivity index (χ0) is 17.9. The molecular weight excluding hydrogens is 324 g/mol. The van der Waals surface area contributed by atoms with Gasteiger partial charge >= 0.3 is 0 Å². The molecule has 0 radical (unpaired) electrons. The van der Waals surface area contributed by atoms with Gasteiger partial charge in [-0.25, -0.2) is 5.43 Å². The molecule has 26 heavy (non-hydrogen) atoms. The fraction of sp³-hybridized carbons (Fsp3) is 0.182. The Labute approximate surface area is 152 Å². The minimum absolute atomic E-state index is 0.232. The summed E-state index contributed by atoms with van der Waals surface area (Å²) in [6, 6.07) is 17.4. The molecule has 2 atom stereocenters. The summed E-state index contributed by atoms with van der Waals surface area (Å²) in [4.78, 5) is 12.2.